The average molecular weight is 254 g/mol. The second kappa shape index (κ2) is 5.83. The van der Waals surface area contributed by atoms with Gasteiger partial charge in [-0.1, -0.05) is 0 Å². The fourth-order valence-corrected chi connectivity index (χ4v) is 1.72. The van der Waals surface area contributed by atoms with Crippen LogP contribution in [-0.4, -0.2) is 22.0 Å². The van der Waals surface area contributed by atoms with Gasteiger partial charge in [-0.3, -0.25) is 4.79 Å². The fourth-order valence-electron chi connectivity index (χ4n) is 1.72. The number of nitrogens with one attached hydrogen (secondary N) is 1. The van der Waals surface area contributed by atoms with Crippen molar-refractivity contribution in [2.24, 2.45) is 7.05 Å². The summed E-state index contributed by atoms with van der Waals surface area (Å²) in [5.41, 5.74) is 1.10. The highest BCUT2D eigenvalue weighted by Crippen LogP contribution is 2.03. The number of aromatic nitrogens is 2. The second-order valence-corrected chi connectivity index (χ2v) is 4.15. The zero-order valence-corrected chi connectivity index (χ0v) is 10.6. The number of imidazole rings is 1. The van der Waals surface area contributed by atoms with Gasteiger partial charge >= 0.3 is 0 Å². The number of nitriles is 1. The maximum atomic E-state index is 11.8. The van der Waals surface area contributed by atoms with Crippen molar-refractivity contribution in [1.29, 1.82) is 5.26 Å². The van der Waals surface area contributed by atoms with E-state index >= 15 is 0 Å². The molecule has 96 valence electrons. The summed E-state index contributed by atoms with van der Waals surface area (Å²) in [7, 11) is 1.92. The van der Waals surface area contributed by atoms with Crippen LogP contribution < -0.4 is 5.32 Å². The lowest BCUT2D eigenvalue weighted by Crippen LogP contribution is -2.26. The predicted molar refractivity (Wildman–Crippen MR) is 70.4 cm³/mol. The molecule has 0 saturated carbocycles. The number of hydrogen-bond acceptors (Lipinski definition) is 3. The molecule has 0 aliphatic carbocycles. The van der Waals surface area contributed by atoms with Crippen LogP contribution in [0.15, 0.2) is 36.7 Å². The van der Waals surface area contributed by atoms with Crippen molar-refractivity contribution in [3.05, 3.63) is 53.6 Å². The number of benzene rings is 1. The number of nitrogens with zero attached hydrogens (tertiary/aromatic N) is 3. The summed E-state index contributed by atoms with van der Waals surface area (Å²) in [6.45, 7) is 0.531. The molecular formula is C14H14N4O. The van der Waals surface area contributed by atoms with Gasteiger partial charge in [0.05, 0.1) is 11.6 Å². The fraction of sp³-hybridized carbons (Fsp3) is 0.214. The van der Waals surface area contributed by atoms with Crippen LogP contribution in [0.4, 0.5) is 0 Å². The molecule has 0 spiro atoms. The molecule has 0 unspecified atom stereocenters. The molecule has 0 radical (unpaired) electrons. The van der Waals surface area contributed by atoms with Crippen LogP contribution in [0.1, 0.15) is 21.7 Å². The molecule has 5 nitrogen and oxygen atoms in total. The van der Waals surface area contributed by atoms with Crippen LogP contribution in [0.3, 0.4) is 0 Å². The zero-order chi connectivity index (χ0) is 13.7. The Morgan fingerprint density at radius 3 is 2.74 bits per heavy atom. The standard InChI is InChI=1S/C14H14N4O/c1-18-9-8-16-13(18)6-7-17-14(19)12-4-2-11(10-15)3-5-12/h2-5,8-9H,6-7H2,1H3,(H,17,19). The summed E-state index contributed by atoms with van der Waals surface area (Å²) in [5, 5.41) is 11.5. The molecule has 1 N–H and O–H groups in total. The molecule has 2 rings (SSSR count). The Balaban J connectivity index is 1.87. The predicted octanol–water partition coefficient (Wildman–Crippen LogP) is 1.26. The Morgan fingerprint density at radius 1 is 1.42 bits per heavy atom. The Morgan fingerprint density at radius 2 is 2.16 bits per heavy atom. The molecule has 0 fully saturated rings. The van der Waals surface area contributed by atoms with Crippen LogP contribution in [0.5, 0.6) is 0 Å². The minimum Gasteiger partial charge on any atom is -0.352 e. The third kappa shape index (κ3) is 3.19. The molecule has 2 aromatic rings. The van der Waals surface area contributed by atoms with E-state index in [0.717, 1.165) is 5.82 Å². The summed E-state index contributed by atoms with van der Waals surface area (Å²) in [5.74, 6) is 0.791. The Bertz CT molecular complexity index is 607. The average Bonchev–Trinajstić information content (AvgIpc) is 2.84. The highest BCUT2D eigenvalue weighted by molar-refractivity contribution is 5.94. The quantitative estimate of drug-likeness (QED) is 0.893. The van der Waals surface area contributed by atoms with Crippen molar-refractivity contribution in [3.63, 3.8) is 0 Å². The number of carbonyl (C=O) groups is 1. The molecule has 19 heavy (non-hydrogen) atoms. The first kappa shape index (κ1) is 12.8. The maximum Gasteiger partial charge on any atom is 0.251 e. The molecule has 1 amide bonds. The smallest absolute Gasteiger partial charge is 0.251 e. The van der Waals surface area contributed by atoms with E-state index in [1.807, 2.05) is 23.9 Å². The number of carbonyl (C=O) groups excluding carboxylic acids is 1. The van der Waals surface area contributed by atoms with Crippen molar-refractivity contribution < 1.29 is 4.79 Å². The van der Waals surface area contributed by atoms with Crippen molar-refractivity contribution in [2.45, 2.75) is 6.42 Å². The van der Waals surface area contributed by atoms with Crippen LogP contribution in [0, 0.1) is 11.3 Å². The lowest BCUT2D eigenvalue weighted by Gasteiger charge is -2.05. The highest BCUT2D eigenvalue weighted by Gasteiger charge is 2.05. The number of amides is 1. The molecule has 1 heterocycles. The van der Waals surface area contributed by atoms with E-state index in [1.54, 1.807) is 30.5 Å². The minimum absolute atomic E-state index is 0.140. The largest absolute Gasteiger partial charge is 0.352 e. The molecule has 0 bridgehead atoms. The van der Waals surface area contributed by atoms with E-state index in [4.69, 9.17) is 5.26 Å². The summed E-state index contributed by atoms with van der Waals surface area (Å²) >= 11 is 0. The van der Waals surface area contributed by atoms with Gasteiger partial charge in [-0.15, -0.1) is 0 Å². The highest BCUT2D eigenvalue weighted by atomic mass is 16.1. The van der Waals surface area contributed by atoms with Gasteiger partial charge in [-0.2, -0.15) is 5.26 Å². The molecule has 5 heteroatoms. The van der Waals surface area contributed by atoms with E-state index in [0.29, 0.717) is 24.1 Å². The van der Waals surface area contributed by atoms with Crippen LogP contribution in [0.2, 0.25) is 0 Å². The van der Waals surface area contributed by atoms with Gasteiger partial charge in [0.15, 0.2) is 0 Å². The van der Waals surface area contributed by atoms with Crippen molar-refractivity contribution >= 4 is 5.91 Å². The summed E-state index contributed by atoms with van der Waals surface area (Å²) < 4.78 is 1.92. The van der Waals surface area contributed by atoms with Crippen LogP contribution in [0.25, 0.3) is 0 Å². The van der Waals surface area contributed by atoms with E-state index in [9.17, 15) is 4.79 Å². The van der Waals surface area contributed by atoms with E-state index in [2.05, 4.69) is 10.3 Å². The van der Waals surface area contributed by atoms with Gasteiger partial charge in [-0.25, -0.2) is 4.98 Å². The minimum atomic E-state index is -0.140. The lowest BCUT2D eigenvalue weighted by atomic mass is 10.1. The lowest BCUT2D eigenvalue weighted by molar-refractivity contribution is 0.0954. The van der Waals surface area contributed by atoms with E-state index < -0.39 is 0 Å². The Labute approximate surface area is 111 Å². The third-order valence-corrected chi connectivity index (χ3v) is 2.83. The summed E-state index contributed by atoms with van der Waals surface area (Å²) in [6, 6.07) is 8.58. The van der Waals surface area contributed by atoms with Gasteiger partial charge < -0.3 is 9.88 Å². The second-order valence-electron chi connectivity index (χ2n) is 4.15. The first-order chi connectivity index (χ1) is 9.20. The van der Waals surface area contributed by atoms with E-state index in [1.165, 1.54) is 0 Å². The molecule has 1 aromatic heterocycles. The van der Waals surface area contributed by atoms with Crippen molar-refractivity contribution in [1.82, 2.24) is 14.9 Å². The van der Waals surface area contributed by atoms with Gasteiger partial charge in [0.2, 0.25) is 0 Å². The molecule has 0 aliphatic heterocycles. The number of aryl methyl sites for hydroxylation is 1. The number of rotatable bonds is 4. The Hall–Kier alpha value is -2.61. The molecular weight excluding hydrogens is 240 g/mol. The molecule has 0 saturated heterocycles. The topological polar surface area (TPSA) is 70.7 Å². The summed E-state index contributed by atoms with van der Waals surface area (Å²) in [6.07, 6.45) is 4.29. The monoisotopic (exact) mass is 254 g/mol. The van der Waals surface area contributed by atoms with Crippen molar-refractivity contribution in [3.8, 4) is 6.07 Å². The SMILES string of the molecule is Cn1ccnc1CCNC(=O)c1ccc(C#N)cc1. The van der Waals surface area contributed by atoms with Crippen LogP contribution >= 0.6 is 0 Å². The summed E-state index contributed by atoms with van der Waals surface area (Å²) in [4.78, 5) is 16.0. The number of hydrogen-bond donors (Lipinski definition) is 1. The first-order valence-corrected chi connectivity index (χ1v) is 5.95. The molecule has 0 atom stereocenters. The van der Waals surface area contributed by atoms with Gasteiger partial charge in [0.25, 0.3) is 5.91 Å². The van der Waals surface area contributed by atoms with Gasteiger partial charge in [0.1, 0.15) is 5.82 Å². The zero-order valence-electron chi connectivity index (χ0n) is 10.6. The van der Waals surface area contributed by atoms with E-state index in [-0.39, 0.29) is 5.91 Å². The Kier molecular flexibility index (Phi) is 3.94. The molecule has 0 aliphatic rings. The van der Waals surface area contributed by atoms with Gasteiger partial charge in [-0.05, 0) is 24.3 Å². The third-order valence-electron chi connectivity index (χ3n) is 2.83. The molecule has 1 aromatic carbocycles. The van der Waals surface area contributed by atoms with Crippen molar-refractivity contribution in [2.75, 3.05) is 6.54 Å². The first-order valence-electron chi connectivity index (χ1n) is 5.95. The van der Waals surface area contributed by atoms with Crippen LogP contribution in [-0.2, 0) is 13.5 Å². The maximum absolute atomic E-state index is 11.8. The van der Waals surface area contributed by atoms with Gasteiger partial charge in [0, 0.05) is 38.0 Å². The normalized spacial score (nSPS) is 9.89.